The fourth-order valence-electron chi connectivity index (χ4n) is 1.31. The van der Waals surface area contributed by atoms with Gasteiger partial charge in [-0.1, -0.05) is 18.2 Å². The van der Waals surface area contributed by atoms with Gasteiger partial charge >= 0.3 is 6.18 Å². The van der Waals surface area contributed by atoms with Gasteiger partial charge in [0.15, 0.2) is 0 Å². The molecule has 0 saturated heterocycles. The molecule has 0 saturated carbocycles. The van der Waals surface area contributed by atoms with Crippen molar-refractivity contribution in [1.82, 2.24) is 0 Å². The maximum absolute atomic E-state index is 12.0. The number of nitrogens with zero attached hydrogens (tertiary/aromatic N) is 1. The van der Waals surface area contributed by atoms with Crippen LogP contribution in [0.15, 0.2) is 28.8 Å². The van der Waals surface area contributed by atoms with Gasteiger partial charge in [0.1, 0.15) is 0 Å². The lowest BCUT2D eigenvalue weighted by atomic mass is 10.1. The molecule has 0 aliphatic carbocycles. The highest BCUT2D eigenvalue weighted by Crippen LogP contribution is 2.24. The van der Waals surface area contributed by atoms with E-state index in [0.29, 0.717) is 6.42 Å². The van der Waals surface area contributed by atoms with Crippen LogP contribution in [0.1, 0.15) is 26.2 Å². The van der Waals surface area contributed by atoms with Gasteiger partial charge < -0.3 is 0 Å². The molecule has 0 radical (unpaired) electrons. The second-order valence-electron chi connectivity index (χ2n) is 3.66. The lowest BCUT2D eigenvalue weighted by Crippen LogP contribution is -2.13. The first kappa shape index (κ1) is 12.0. The van der Waals surface area contributed by atoms with Crippen LogP contribution in [0, 0.1) is 0 Å². The van der Waals surface area contributed by atoms with Gasteiger partial charge in [0, 0.05) is 12.6 Å². The molecule has 0 aromatic heterocycles. The van der Waals surface area contributed by atoms with Crippen molar-refractivity contribution in [3.8, 4) is 0 Å². The molecule has 0 aromatic carbocycles. The molecule has 1 unspecified atom stereocenters. The first-order valence-corrected chi connectivity index (χ1v) is 4.91. The number of rotatable bonds is 2. The van der Waals surface area contributed by atoms with Gasteiger partial charge in [-0.25, -0.2) is 0 Å². The molecule has 0 amide bonds. The Bertz CT molecular complexity index is 287. The third-order valence-corrected chi connectivity index (χ3v) is 2.15. The number of hydrogen-bond donors (Lipinski definition) is 0. The number of aliphatic imine (C=N–C) groups is 1. The number of halogens is 3. The van der Waals surface area contributed by atoms with Gasteiger partial charge in [0.25, 0.3) is 0 Å². The summed E-state index contributed by atoms with van der Waals surface area (Å²) in [6, 6.07) is -0.244. The van der Waals surface area contributed by atoms with Crippen LogP contribution in [0.3, 0.4) is 0 Å². The van der Waals surface area contributed by atoms with E-state index in [2.05, 4.69) is 4.99 Å². The van der Waals surface area contributed by atoms with Gasteiger partial charge in [-0.05, 0) is 25.3 Å². The molecule has 4 heteroatoms. The SMILES string of the molecule is C/C1=C/C=C\CC(CCC(F)(F)F)N=C1. The van der Waals surface area contributed by atoms with Crippen molar-refractivity contribution in [3.63, 3.8) is 0 Å². The van der Waals surface area contributed by atoms with Gasteiger partial charge in [-0.15, -0.1) is 0 Å². The fraction of sp³-hybridized carbons (Fsp3) is 0.545. The molecule has 15 heavy (non-hydrogen) atoms. The number of allylic oxidation sites excluding steroid dienone is 3. The maximum Gasteiger partial charge on any atom is 0.389 e. The quantitative estimate of drug-likeness (QED) is 0.669. The Hall–Kier alpha value is -1.06. The van der Waals surface area contributed by atoms with E-state index in [1.54, 1.807) is 6.21 Å². The second-order valence-corrected chi connectivity index (χ2v) is 3.66. The summed E-state index contributed by atoms with van der Waals surface area (Å²) in [7, 11) is 0. The van der Waals surface area contributed by atoms with Crippen molar-refractivity contribution >= 4 is 6.21 Å². The summed E-state index contributed by atoms with van der Waals surface area (Å²) in [4.78, 5) is 4.12. The highest BCUT2D eigenvalue weighted by atomic mass is 19.4. The molecule has 84 valence electrons. The number of alkyl halides is 3. The Morgan fingerprint density at radius 3 is 2.87 bits per heavy atom. The molecule has 0 N–H and O–H groups in total. The maximum atomic E-state index is 12.0. The summed E-state index contributed by atoms with van der Waals surface area (Å²) in [6.45, 7) is 1.87. The van der Waals surface area contributed by atoms with Crippen molar-refractivity contribution in [2.45, 2.75) is 38.4 Å². The van der Waals surface area contributed by atoms with Gasteiger partial charge in [-0.2, -0.15) is 13.2 Å². The van der Waals surface area contributed by atoms with Gasteiger partial charge in [0.05, 0.1) is 6.04 Å². The topological polar surface area (TPSA) is 12.4 Å². The molecular weight excluding hydrogens is 203 g/mol. The Balaban J connectivity index is 2.50. The number of hydrogen-bond acceptors (Lipinski definition) is 1. The van der Waals surface area contributed by atoms with Crippen LogP contribution in [-0.2, 0) is 0 Å². The van der Waals surface area contributed by atoms with Crippen LogP contribution in [0.4, 0.5) is 13.2 Å². The molecule has 0 bridgehead atoms. The van der Waals surface area contributed by atoms with Crippen LogP contribution in [0.2, 0.25) is 0 Å². The first-order valence-electron chi connectivity index (χ1n) is 4.91. The Labute approximate surface area is 87.4 Å². The molecule has 1 nitrogen and oxygen atoms in total. The Morgan fingerprint density at radius 1 is 1.47 bits per heavy atom. The molecule has 0 spiro atoms. The average molecular weight is 217 g/mol. The van der Waals surface area contributed by atoms with Gasteiger partial charge in [-0.3, -0.25) is 4.99 Å². The van der Waals surface area contributed by atoms with Crippen LogP contribution in [0.5, 0.6) is 0 Å². The molecule has 0 aromatic rings. The van der Waals surface area contributed by atoms with Crippen LogP contribution in [0.25, 0.3) is 0 Å². The van der Waals surface area contributed by atoms with E-state index in [0.717, 1.165) is 5.57 Å². The zero-order valence-electron chi connectivity index (χ0n) is 8.59. The molecule has 0 fully saturated rings. The summed E-state index contributed by atoms with van der Waals surface area (Å²) in [5.74, 6) is 0. The lowest BCUT2D eigenvalue weighted by Gasteiger charge is -2.12. The van der Waals surface area contributed by atoms with E-state index < -0.39 is 12.6 Å². The monoisotopic (exact) mass is 217 g/mol. The molecule has 1 atom stereocenters. The summed E-state index contributed by atoms with van der Waals surface area (Å²) in [5.41, 5.74) is 0.961. The molecule has 1 aliphatic rings. The van der Waals surface area contributed by atoms with E-state index in [-0.39, 0.29) is 12.5 Å². The molecule has 1 heterocycles. The molecular formula is C11H14F3N. The van der Waals surface area contributed by atoms with Crippen molar-refractivity contribution in [3.05, 3.63) is 23.8 Å². The van der Waals surface area contributed by atoms with Crippen LogP contribution < -0.4 is 0 Å². The summed E-state index contributed by atoms with van der Waals surface area (Å²) in [6.07, 6.45) is 3.07. The highest BCUT2D eigenvalue weighted by molar-refractivity contribution is 5.78. The summed E-state index contributed by atoms with van der Waals surface area (Å²) < 4.78 is 36.0. The summed E-state index contributed by atoms with van der Waals surface area (Å²) in [5, 5.41) is 0. The smallest absolute Gasteiger partial charge is 0.289 e. The van der Waals surface area contributed by atoms with Crippen LogP contribution >= 0.6 is 0 Å². The first-order chi connectivity index (χ1) is 6.97. The predicted molar refractivity (Wildman–Crippen MR) is 55.1 cm³/mol. The highest BCUT2D eigenvalue weighted by Gasteiger charge is 2.27. The molecule has 1 rings (SSSR count). The minimum absolute atomic E-state index is 0.0671. The summed E-state index contributed by atoms with van der Waals surface area (Å²) >= 11 is 0. The molecule has 1 aliphatic heterocycles. The van der Waals surface area contributed by atoms with Crippen molar-refractivity contribution < 1.29 is 13.2 Å². The average Bonchev–Trinajstić information content (AvgIpc) is 2.09. The Morgan fingerprint density at radius 2 is 2.20 bits per heavy atom. The van der Waals surface area contributed by atoms with Gasteiger partial charge in [0.2, 0.25) is 0 Å². The van der Waals surface area contributed by atoms with E-state index in [1.807, 2.05) is 25.2 Å². The van der Waals surface area contributed by atoms with Crippen molar-refractivity contribution in [2.75, 3.05) is 0 Å². The van der Waals surface area contributed by atoms with E-state index in [9.17, 15) is 13.2 Å². The lowest BCUT2D eigenvalue weighted by molar-refractivity contribution is -0.136. The third-order valence-electron chi connectivity index (χ3n) is 2.15. The van der Waals surface area contributed by atoms with Crippen molar-refractivity contribution in [1.29, 1.82) is 0 Å². The Kier molecular flexibility index (Phi) is 4.12. The zero-order valence-corrected chi connectivity index (χ0v) is 8.59. The normalized spacial score (nSPS) is 27.7. The fourth-order valence-corrected chi connectivity index (χ4v) is 1.31. The zero-order chi connectivity index (χ0) is 11.3. The van der Waals surface area contributed by atoms with Crippen molar-refractivity contribution in [2.24, 2.45) is 4.99 Å². The minimum atomic E-state index is -4.08. The third kappa shape index (κ3) is 5.40. The van der Waals surface area contributed by atoms with E-state index >= 15 is 0 Å². The van der Waals surface area contributed by atoms with E-state index in [4.69, 9.17) is 0 Å². The standard InChI is InChI=1S/C11H14F3N/c1-9-4-2-3-5-10(15-8-9)6-7-11(12,13)14/h2-4,8,10H,5-7H2,1H3/b3-2-,9-4-,15-8?. The predicted octanol–water partition coefficient (Wildman–Crippen LogP) is 3.67. The minimum Gasteiger partial charge on any atom is -0.289 e. The largest absolute Gasteiger partial charge is 0.389 e. The second kappa shape index (κ2) is 5.14. The van der Waals surface area contributed by atoms with Crippen LogP contribution in [-0.4, -0.2) is 18.4 Å². The van der Waals surface area contributed by atoms with E-state index in [1.165, 1.54) is 0 Å².